The second-order valence-electron chi connectivity index (χ2n) is 5.28. The highest BCUT2D eigenvalue weighted by atomic mass is 32.2. The Bertz CT molecular complexity index is 976. The van der Waals surface area contributed by atoms with Gasteiger partial charge in [-0.2, -0.15) is 0 Å². The van der Waals surface area contributed by atoms with E-state index in [1.807, 2.05) is 41.8 Å². The second kappa shape index (κ2) is 6.59. The molecule has 0 spiro atoms. The van der Waals surface area contributed by atoms with E-state index in [9.17, 15) is 13.2 Å². The summed E-state index contributed by atoms with van der Waals surface area (Å²) in [5, 5.41) is 4.64. The Morgan fingerprint density at radius 3 is 2.46 bits per heavy atom. The molecule has 3 rings (SSSR count). The molecule has 4 nitrogen and oxygen atoms in total. The zero-order valence-corrected chi connectivity index (χ0v) is 14.5. The highest BCUT2D eigenvalue weighted by Crippen LogP contribution is 2.29. The maximum atomic E-state index is 12.6. The van der Waals surface area contributed by atoms with Crippen molar-refractivity contribution in [3.05, 3.63) is 70.9 Å². The molecule has 0 bridgehead atoms. The smallest absolute Gasteiger partial charge is 0.266 e. The van der Waals surface area contributed by atoms with Gasteiger partial charge in [0.15, 0.2) is 9.84 Å². The Morgan fingerprint density at radius 2 is 1.75 bits per heavy atom. The zero-order valence-electron chi connectivity index (χ0n) is 12.9. The van der Waals surface area contributed by atoms with E-state index in [1.165, 1.54) is 23.5 Å². The number of sulfone groups is 1. The second-order valence-corrected chi connectivity index (χ2v) is 8.22. The molecule has 2 aromatic carbocycles. The zero-order chi connectivity index (χ0) is 17.2. The van der Waals surface area contributed by atoms with Crippen molar-refractivity contribution in [2.45, 2.75) is 4.90 Å². The summed E-state index contributed by atoms with van der Waals surface area (Å²) in [7, 11) is -3.31. The molecule has 0 aliphatic carbocycles. The van der Waals surface area contributed by atoms with Crippen molar-refractivity contribution in [2.75, 3.05) is 11.6 Å². The van der Waals surface area contributed by atoms with E-state index in [1.54, 1.807) is 12.1 Å². The first-order chi connectivity index (χ1) is 11.4. The van der Waals surface area contributed by atoms with Crippen molar-refractivity contribution in [1.29, 1.82) is 0 Å². The monoisotopic (exact) mass is 357 g/mol. The Morgan fingerprint density at radius 1 is 1.00 bits per heavy atom. The van der Waals surface area contributed by atoms with Gasteiger partial charge < -0.3 is 5.32 Å². The first kappa shape index (κ1) is 16.4. The summed E-state index contributed by atoms with van der Waals surface area (Å²) in [6, 6.07) is 17.8. The van der Waals surface area contributed by atoms with Gasteiger partial charge >= 0.3 is 0 Å². The molecule has 0 unspecified atom stereocenters. The van der Waals surface area contributed by atoms with Crippen LogP contribution >= 0.6 is 11.3 Å². The molecule has 1 N–H and O–H groups in total. The Labute approximate surface area is 144 Å². The van der Waals surface area contributed by atoms with E-state index in [-0.39, 0.29) is 10.8 Å². The number of hydrogen-bond donors (Lipinski definition) is 1. The fraction of sp³-hybridized carbons (Fsp3) is 0.0556. The van der Waals surface area contributed by atoms with Crippen LogP contribution in [0.2, 0.25) is 0 Å². The molecule has 0 aliphatic heterocycles. The predicted octanol–water partition coefficient (Wildman–Crippen LogP) is 4.07. The minimum absolute atomic E-state index is 0.176. The van der Waals surface area contributed by atoms with Crippen LogP contribution in [0.1, 0.15) is 9.67 Å². The van der Waals surface area contributed by atoms with Crippen LogP contribution in [-0.2, 0) is 9.84 Å². The third-order valence-corrected chi connectivity index (χ3v) is 5.50. The van der Waals surface area contributed by atoms with Crippen molar-refractivity contribution in [2.24, 2.45) is 0 Å². The predicted molar refractivity (Wildman–Crippen MR) is 97.3 cm³/mol. The molecule has 0 radical (unpaired) electrons. The van der Waals surface area contributed by atoms with E-state index in [0.717, 1.165) is 17.4 Å². The summed E-state index contributed by atoms with van der Waals surface area (Å²) in [5.74, 6) is -0.255. The van der Waals surface area contributed by atoms with Gasteiger partial charge in [-0.1, -0.05) is 36.4 Å². The van der Waals surface area contributed by atoms with Crippen molar-refractivity contribution in [1.82, 2.24) is 0 Å². The van der Waals surface area contributed by atoms with Crippen molar-refractivity contribution < 1.29 is 13.2 Å². The van der Waals surface area contributed by atoms with Crippen LogP contribution in [0, 0.1) is 0 Å². The van der Waals surface area contributed by atoms with Crippen LogP contribution in [-0.4, -0.2) is 20.6 Å². The first-order valence-electron chi connectivity index (χ1n) is 7.19. The fourth-order valence-corrected chi connectivity index (χ4v) is 3.80. The number of thiophene rings is 1. The standard InChI is InChI=1S/C18H15NO3S2/c1-24(21,22)15-9-5-8-14(12-15)19-18(20)17-16(10-11-23-17)13-6-3-2-4-7-13/h2-12H,1H3,(H,19,20). The molecular formula is C18H15NO3S2. The highest BCUT2D eigenvalue weighted by molar-refractivity contribution is 7.90. The van der Waals surface area contributed by atoms with Crippen LogP contribution in [0.3, 0.4) is 0 Å². The minimum Gasteiger partial charge on any atom is -0.321 e. The lowest BCUT2D eigenvalue weighted by Crippen LogP contribution is -2.11. The van der Waals surface area contributed by atoms with Crippen molar-refractivity contribution in [3.63, 3.8) is 0 Å². The summed E-state index contributed by atoms with van der Waals surface area (Å²) < 4.78 is 23.3. The number of rotatable bonds is 4. The lowest BCUT2D eigenvalue weighted by atomic mass is 10.1. The summed E-state index contributed by atoms with van der Waals surface area (Å²) >= 11 is 1.35. The third-order valence-electron chi connectivity index (χ3n) is 3.48. The third kappa shape index (κ3) is 3.55. The SMILES string of the molecule is CS(=O)(=O)c1cccc(NC(=O)c2sccc2-c2ccccc2)c1. The molecule has 24 heavy (non-hydrogen) atoms. The minimum atomic E-state index is -3.31. The molecule has 1 aromatic heterocycles. The van der Waals surface area contributed by atoms with Gasteiger partial charge in [0, 0.05) is 17.5 Å². The first-order valence-corrected chi connectivity index (χ1v) is 9.96. The van der Waals surface area contributed by atoms with Crippen LogP contribution in [0.25, 0.3) is 11.1 Å². The lowest BCUT2D eigenvalue weighted by molar-refractivity contribution is 0.103. The Kier molecular flexibility index (Phi) is 4.51. The summed E-state index contributed by atoms with van der Waals surface area (Å²) in [5.41, 5.74) is 2.28. The topological polar surface area (TPSA) is 63.2 Å². The quantitative estimate of drug-likeness (QED) is 0.765. The number of benzene rings is 2. The number of anilines is 1. The van der Waals surface area contributed by atoms with E-state index in [4.69, 9.17) is 0 Å². The number of nitrogens with one attached hydrogen (secondary N) is 1. The van der Waals surface area contributed by atoms with Crippen LogP contribution in [0.4, 0.5) is 5.69 Å². The van der Waals surface area contributed by atoms with E-state index >= 15 is 0 Å². The molecule has 122 valence electrons. The highest BCUT2D eigenvalue weighted by Gasteiger charge is 2.15. The van der Waals surface area contributed by atoms with Crippen LogP contribution in [0.5, 0.6) is 0 Å². The van der Waals surface area contributed by atoms with Gasteiger partial charge in [0.1, 0.15) is 0 Å². The van der Waals surface area contributed by atoms with Crippen molar-refractivity contribution in [3.8, 4) is 11.1 Å². The van der Waals surface area contributed by atoms with Crippen LogP contribution < -0.4 is 5.32 Å². The number of amides is 1. The van der Waals surface area contributed by atoms with Gasteiger partial charge in [-0.25, -0.2) is 8.42 Å². The summed E-state index contributed by atoms with van der Waals surface area (Å²) in [4.78, 5) is 13.3. The van der Waals surface area contributed by atoms with E-state index < -0.39 is 9.84 Å². The molecule has 0 aliphatic rings. The molecule has 0 fully saturated rings. The molecule has 3 aromatic rings. The average Bonchev–Trinajstić information content (AvgIpc) is 3.05. The van der Waals surface area contributed by atoms with Gasteiger partial charge in [-0.3, -0.25) is 4.79 Å². The van der Waals surface area contributed by atoms with Gasteiger partial charge in [-0.05, 0) is 35.2 Å². The number of carbonyl (C=O) groups excluding carboxylic acids is 1. The Hall–Kier alpha value is -2.44. The van der Waals surface area contributed by atoms with Gasteiger partial charge in [0.05, 0.1) is 9.77 Å². The maximum absolute atomic E-state index is 12.6. The molecule has 6 heteroatoms. The molecular weight excluding hydrogens is 342 g/mol. The van der Waals surface area contributed by atoms with Gasteiger partial charge in [0.2, 0.25) is 0 Å². The summed E-state index contributed by atoms with van der Waals surface area (Å²) in [6.07, 6.45) is 1.14. The van der Waals surface area contributed by atoms with Crippen LogP contribution in [0.15, 0.2) is 70.9 Å². The lowest BCUT2D eigenvalue weighted by Gasteiger charge is -2.08. The molecule has 0 saturated carbocycles. The van der Waals surface area contributed by atoms with E-state index in [2.05, 4.69) is 5.32 Å². The van der Waals surface area contributed by atoms with Crippen molar-refractivity contribution >= 4 is 32.8 Å². The molecule has 0 saturated heterocycles. The summed E-state index contributed by atoms with van der Waals surface area (Å²) in [6.45, 7) is 0. The molecule has 0 atom stereocenters. The normalized spacial score (nSPS) is 11.2. The largest absolute Gasteiger partial charge is 0.321 e. The number of hydrogen-bond acceptors (Lipinski definition) is 4. The number of carbonyl (C=O) groups is 1. The fourth-order valence-electron chi connectivity index (χ4n) is 2.32. The Balaban J connectivity index is 1.89. The van der Waals surface area contributed by atoms with Gasteiger partial charge in [-0.15, -0.1) is 11.3 Å². The van der Waals surface area contributed by atoms with E-state index in [0.29, 0.717) is 10.6 Å². The molecule has 1 heterocycles. The molecule has 1 amide bonds. The van der Waals surface area contributed by atoms with Gasteiger partial charge in [0.25, 0.3) is 5.91 Å². The average molecular weight is 357 g/mol. The maximum Gasteiger partial charge on any atom is 0.266 e.